The molecule has 0 aliphatic carbocycles. The number of ether oxygens (including phenoxy) is 1. The molecule has 1 aromatic heterocycles. The summed E-state index contributed by atoms with van der Waals surface area (Å²) >= 11 is 1.69. The molecule has 5 nitrogen and oxygen atoms in total. The quantitative estimate of drug-likeness (QED) is 0.675. The molecule has 0 bridgehead atoms. The first-order chi connectivity index (χ1) is 13.7. The second kappa shape index (κ2) is 8.61. The molecular weight excluding hydrogens is 370 g/mol. The molecule has 146 valence electrons. The molecule has 1 atom stereocenters. The highest BCUT2D eigenvalue weighted by Gasteiger charge is 2.23. The van der Waals surface area contributed by atoms with E-state index in [1.54, 1.807) is 18.4 Å². The Labute approximate surface area is 169 Å². The lowest BCUT2D eigenvalue weighted by atomic mass is 10.0. The fourth-order valence-electron chi connectivity index (χ4n) is 3.64. The van der Waals surface area contributed by atoms with E-state index < -0.39 is 0 Å². The average molecular weight is 396 g/mol. The van der Waals surface area contributed by atoms with Crippen molar-refractivity contribution in [3.63, 3.8) is 0 Å². The Morgan fingerprint density at radius 1 is 1.25 bits per heavy atom. The van der Waals surface area contributed by atoms with Crippen LogP contribution in [0.4, 0.5) is 5.69 Å². The minimum Gasteiger partial charge on any atom is -0.497 e. The lowest BCUT2D eigenvalue weighted by Crippen LogP contribution is -2.45. The van der Waals surface area contributed by atoms with E-state index in [0.29, 0.717) is 12.8 Å². The molecule has 1 aliphatic rings. The molecule has 0 spiro atoms. The molecule has 3 aromatic rings. The Morgan fingerprint density at radius 3 is 2.86 bits per heavy atom. The van der Waals surface area contributed by atoms with Gasteiger partial charge in [0.15, 0.2) is 0 Å². The molecule has 2 aromatic carbocycles. The summed E-state index contributed by atoms with van der Waals surface area (Å²) in [6, 6.07) is 16.4. The van der Waals surface area contributed by atoms with Crippen LogP contribution in [-0.2, 0) is 11.2 Å². The zero-order chi connectivity index (χ0) is 19.3. The first-order valence-corrected chi connectivity index (χ1v) is 10.6. The molecule has 6 heteroatoms. The van der Waals surface area contributed by atoms with Gasteiger partial charge in [-0.1, -0.05) is 12.1 Å². The van der Waals surface area contributed by atoms with Crippen LogP contribution in [0.1, 0.15) is 24.3 Å². The van der Waals surface area contributed by atoms with Gasteiger partial charge in [-0.05, 0) is 49.2 Å². The summed E-state index contributed by atoms with van der Waals surface area (Å²) in [4.78, 5) is 19.4. The lowest BCUT2D eigenvalue weighted by Gasteiger charge is -2.33. The van der Waals surface area contributed by atoms with Crippen molar-refractivity contribution in [1.29, 1.82) is 0 Å². The maximum absolute atomic E-state index is 12.7. The molecule has 4 rings (SSSR count). The highest BCUT2D eigenvalue weighted by molar-refractivity contribution is 7.18. The third kappa shape index (κ3) is 4.44. The second-order valence-corrected chi connectivity index (χ2v) is 8.24. The summed E-state index contributed by atoms with van der Waals surface area (Å²) in [6.07, 6.45) is 3.34. The SMILES string of the molecule is COc1ccc(N[C@@H]2CCCN(C(=O)CCc3nc4ccccc4s3)C2)cc1. The van der Waals surface area contributed by atoms with Crippen LogP contribution in [0.2, 0.25) is 0 Å². The summed E-state index contributed by atoms with van der Waals surface area (Å²) in [5.74, 6) is 1.07. The van der Waals surface area contributed by atoms with Crippen LogP contribution in [0, 0.1) is 0 Å². The van der Waals surface area contributed by atoms with Gasteiger partial charge in [0.25, 0.3) is 0 Å². The summed E-state index contributed by atoms with van der Waals surface area (Å²) < 4.78 is 6.39. The molecule has 28 heavy (non-hydrogen) atoms. The summed E-state index contributed by atoms with van der Waals surface area (Å²) in [5, 5.41) is 4.59. The number of fused-ring (bicyclic) bond motifs is 1. The Bertz CT molecular complexity index is 905. The van der Waals surface area contributed by atoms with Gasteiger partial charge in [0.05, 0.1) is 22.3 Å². The van der Waals surface area contributed by atoms with Crippen molar-refractivity contribution in [1.82, 2.24) is 9.88 Å². The second-order valence-electron chi connectivity index (χ2n) is 7.13. The predicted molar refractivity (Wildman–Crippen MR) is 114 cm³/mol. The van der Waals surface area contributed by atoms with Crippen molar-refractivity contribution in [3.05, 3.63) is 53.5 Å². The standard InChI is InChI=1S/C22H25N3O2S/c1-27-18-10-8-16(9-11-18)23-17-5-4-14-25(15-17)22(26)13-12-21-24-19-6-2-3-7-20(19)28-21/h2-3,6-11,17,23H,4-5,12-15H2,1H3/t17-/m1/s1. The van der Waals surface area contributed by atoms with Crippen LogP contribution in [-0.4, -0.2) is 42.0 Å². The van der Waals surface area contributed by atoms with Crippen molar-refractivity contribution >= 4 is 33.1 Å². The fourth-order valence-corrected chi connectivity index (χ4v) is 4.61. The summed E-state index contributed by atoms with van der Waals surface area (Å²) in [5.41, 5.74) is 2.09. The van der Waals surface area contributed by atoms with Gasteiger partial charge in [-0.2, -0.15) is 0 Å². The summed E-state index contributed by atoms with van der Waals surface area (Å²) in [6.45, 7) is 1.60. The number of carbonyl (C=O) groups is 1. The number of nitrogens with one attached hydrogen (secondary N) is 1. The van der Waals surface area contributed by atoms with E-state index in [9.17, 15) is 4.79 Å². The number of hydrogen-bond donors (Lipinski definition) is 1. The number of carbonyl (C=O) groups excluding carboxylic acids is 1. The van der Waals surface area contributed by atoms with Crippen LogP contribution in [0.25, 0.3) is 10.2 Å². The third-order valence-corrected chi connectivity index (χ3v) is 6.22. The zero-order valence-electron chi connectivity index (χ0n) is 16.1. The van der Waals surface area contributed by atoms with Crippen molar-refractivity contribution in [3.8, 4) is 5.75 Å². The monoisotopic (exact) mass is 395 g/mol. The minimum absolute atomic E-state index is 0.223. The number of amides is 1. The maximum Gasteiger partial charge on any atom is 0.223 e. The molecule has 1 N–H and O–H groups in total. The lowest BCUT2D eigenvalue weighted by molar-refractivity contribution is -0.132. The van der Waals surface area contributed by atoms with Crippen LogP contribution in [0.5, 0.6) is 5.75 Å². The Hall–Kier alpha value is -2.60. The first kappa shape index (κ1) is 18.7. The molecule has 1 aliphatic heterocycles. The number of nitrogens with zero attached hydrogens (tertiary/aromatic N) is 2. The van der Waals surface area contributed by atoms with Gasteiger partial charge >= 0.3 is 0 Å². The minimum atomic E-state index is 0.223. The number of aromatic nitrogens is 1. The molecule has 1 fully saturated rings. The Kier molecular flexibility index (Phi) is 5.76. The van der Waals surface area contributed by atoms with Crippen LogP contribution >= 0.6 is 11.3 Å². The fraction of sp³-hybridized carbons (Fsp3) is 0.364. The highest BCUT2D eigenvalue weighted by atomic mass is 32.1. The molecule has 0 saturated carbocycles. The van der Waals surface area contributed by atoms with E-state index in [4.69, 9.17) is 4.74 Å². The van der Waals surface area contributed by atoms with Crippen LogP contribution in [0.15, 0.2) is 48.5 Å². The molecule has 2 heterocycles. The smallest absolute Gasteiger partial charge is 0.223 e. The first-order valence-electron chi connectivity index (χ1n) is 9.74. The van der Waals surface area contributed by atoms with E-state index >= 15 is 0 Å². The molecule has 1 amide bonds. The van der Waals surface area contributed by atoms with Gasteiger partial charge in [-0.15, -0.1) is 11.3 Å². The number of methoxy groups -OCH3 is 1. The number of benzene rings is 2. The molecule has 1 saturated heterocycles. The van der Waals surface area contributed by atoms with Crippen molar-refractivity contribution in [2.45, 2.75) is 31.7 Å². The van der Waals surface area contributed by atoms with Gasteiger partial charge in [-0.3, -0.25) is 4.79 Å². The van der Waals surface area contributed by atoms with Gasteiger partial charge in [0.2, 0.25) is 5.91 Å². The average Bonchev–Trinajstić information content (AvgIpc) is 3.16. The van der Waals surface area contributed by atoms with Gasteiger partial charge < -0.3 is 15.0 Å². The van der Waals surface area contributed by atoms with E-state index in [1.807, 2.05) is 47.4 Å². The number of hydrogen-bond acceptors (Lipinski definition) is 5. The van der Waals surface area contributed by atoms with Crippen molar-refractivity contribution in [2.24, 2.45) is 0 Å². The van der Waals surface area contributed by atoms with Crippen molar-refractivity contribution < 1.29 is 9.53 Å². The van der Waals surface area contributed by atoms with E-state index in [2.05, 4.69) is 16.4 Å². The van der Waals surface area contributed by atoms with Gasteiger partial charge in [0, 0.05) is 37.7 Å². The normalized spacial score (nSPS) is 16.9. The third-order valence-electron chi connectivity index (χ3n) is 5.13. The zero-order valence-corrected chi connectivity index (χ0v) is 16.9. The van der Waals surface area contributed by atoms with Gasteiger partial charge in [0.1, 0.15) is 5.75 Å². The number of aryl methyl sites for hydroxylation is 1. The number of para-hydroxylation sites is 1. The van der Waals surface area contributed by atoms with Gasteiger partial charge in [-0.25, -0.2) is 4.98 Å². The number of piperidine rings is 1. The summed E-state index contributed by atoms with van der Waals surface area (Å²) in [7, 11) is 1.67. The molecule has 0 radical (unpaired) electrons. The Balaban J connectivity index is 1.31. The number of anilines is 1. The highest BCUT2D eigenvalue weighted by Crippen LogP contribution is 2.23. The topological polar surface area (TPSA) is 54.5 Å². The number of thiazole rings is 1. The number of rotatable bonds is 6. The van der Waals surface area contributed by atoms with Crippen molar-refractivity contribution in [2.75, 3.05) is 25.5 Å². The Morgan fingerprint density at radius 2 is 2.07 bits per heavy atom. The number of likely N-dealkylation sites (tertiary alicyclic amines) is 1. The van der Waals surface area contributed by atoms with Crippen LogP contribution in [0.3, 0.4) is 0 Å². The van der Waals surface area contributed by atoms with E-state index in [-0.39, 0.29) is 11.9 Å². The van der Waals surface area contributed by atoms with Crippen LogP contribution < -0.4 is 10.1 Å². The maximum atomic E-state index is 12.7. The largest absolute Gasteiger partial charge is 0.497 e. The molecule has 0 unspecified atom stereocenters. The predicted octanol–water partition coefficient (Wildman–Crippen LogP) is 4.34. The van der Waals surface area contributed by atoms with E-state index in [1.165, 1.54) is 4.70 Å². The molecular formula is C22H25N3O2S. The van der Waals surface area contributed by atoms with E-state index in [0.717, 1.165) is 47.9 Å².